The van der Waals surface area contributed by atoms with E-state index in [-0.39, 0.29) is 10.8 Å². The second kappa shape index (κ2) is 13.6. The zero-order chi connectivity index (χ0) is 39.4. The maximum atomic E-state index is 11.4. The van der Waals surface area contributed by atoms with Crippen LogP contribution in [0.15, 0.2) is 121 Å². The largest absolute Gasteiger partial charge is 0.308 e. The average molecular weight is 719 g/mol. The van der Waals surface area contributed by atoms with E-state index in [1.54, 1.807) is 0 Å². The molecule has 55 heavy (non-hydrogen) atoms. The summed E-state index contributed by atoms with van der Waals surface area (Å²) in [4.78, 5) is 0. The van der Waals surface area contributed by atoms with Gasteiger partial charge in [-0.3, -0.25) is 0 Å². The highest BCUT2D eigenvalue weighted by Gasteiger charge is 2.26. The highest BCUT2D eigenvalue weighted by atomic mass is 15.0. The van der Waals surface area contributed by atoms with Gasteiger partial charge in [0, 0.05) is 27.1 Å². The van der Waals surface area contributed by atoms with Crippen molar-refractivity contribution in [1.29, 1.82) is 10.5 Å². The normalized spacial score (nSPS) is 12.1. The van der Waals surface area contributed by atoms with Crippen molar-refractivity contribution in [2.24, 2.45) is 5.41 Å². The van der Waals surface area contributed by atoms with Crippen LogP contribution in [0.25, 0.3) is 66.1 Å². The van der Waals surface area contributed by atoms with Crippen molar-refractivity contribution in [3.63, 3.8) is 0 Å². The molecule has 6 aromatic carbocycles. The Morgan fingerprint density at radius 2 is 0.945 bits per heavy atom. The second-order valence-electron chi connectivity index (χ2n) is 18.3. The Labute approximate surface area is 325 Å². The molecular formula is C51H50N4. The van der Waals surface area contributed by atoms with Crippen molar-refractivity contribution in [2.75, 3.05) is 0 Å². The number of nitrogens with zero attached hydrogens (tertiary/aromatic N) is 4. The molecule has 2 heterocycles. The van der Waals surface area contributed by atoms with Gasteiger partial charge in [-0.2, -0.15) is 10.5 Å². The first kappa shape index (κ1) is 37.2. The maximum absolute atomic E-state index is 11.4. The van der Waals surface area contributed by atoms with E-state index in [4.69, 9.17) is 0 Å². The monoisotopic (exact) mass is 718 g/mol. The lowest BCUT2D eigenvalue weighted by Crippen LogP contribution is -2.11. The molecule has 0 N–H and O–H groups in total. The molecule has 0 fully saturated rings. The Morgan fingerprint density at radius 3 is 1.45 bits per heavy atom. The van der Waals surface area contributed by atoms with Crippen LogP contribution in [0.4, 0.5) is 0 Å². The van der Waals surface area contributed by atoms with Crippen LogP contribution in [0.3, 0.4) is 0 Å². The summed E-state index contributed by atoms with van der Waals surface area (Å²) in [6, 6.07) is 47.3. The van der Waals surface area contributed by atoms with Crippen molar-refractivity contribution in [1.82, 2.24) is 9.13 Å². The summed E-state index contributed by atoms with van der Waals surface area (Å²) < 4.78 is 4.55. The van der Waals surface area contributed by atoms with Crippen LogP contribution in [0.5, 0.6) is 0 Å². The van der Waals surface area contributed by atoms with Gasteiger partial charge in [0.2, 0.25) is 0 Å². The van der Waals surface area contributed by atoms with Crippen molar-refractivity contribution in [3.8, 4) is 34.6 Å². The van der Waals surface area contributed by atoms with Gasteiger partial charge >= 0.3 is 0 Å². The van der Waals surface area contributed by atoms with Crippen LogP contribution < -0.4 is 0 Å². The molecule has 0 atom stereocenters. The minimum Gasteiger partial charge on any atom is -0.308 e. The Kier molecular flexibility index (Phi) is 9.23. The van der Waals surface area contributed by atoms with Crippen molar-refractivity contribution in [3.05, 3.63) is 144 Å². The first-order chi connectivity index (χ1) is 26.0. The quantitative estimate of drug-likeness (QED) is 0.183. The van der Waals surface area contributed by atoms with Crippen molar-refractivity contribution in [2.45, 2.75) is 80.1 Å². The molecule has 0 amide bonds. The highest BCUT2D eigenvalue weighted by Crippen LogP contribution is 2.43. The maximum Gasteiger partial charge on any atom is 0.104 e. The van der Waals surface area contributed by atoms with Gasteiger partial charge in [0.05, 0.1) is 45.1 Å². The molecule has 0 saturated carbocycles. The molecule has 0 unspecified atom stereocenters. The van der Waals surface area contributed by atoms with E-state index < -0.39 is 0 Å². The molecule has 4 heteroatoms. The topological polar surface area (TPSA) is 57.4 Å². The van der Waals surface area contributed by atoms with Crippen LogP contribution in [0.1, 0.15) is 91.5 Å². The average Bonchev–Trinajstić information content (AvgIpc) is 3.65. The molecule has 0 aliphatic heterocycles. The van der Waals surface area contributed by atoms with Gasteiger partial charge in [0.15, 0.2) is 0 Å². The SMILES string of the molecule is CC(C)(C)C.CC(C)(C)c1ccc2c3ccccc3n(-c3ccc(-c4cccc(C#N)c4)c(-n4c5ccccc5c5ccc(C(C)(C)C)cc54)c3C#N)c2c1. The van der Waals surface area contributed by atoms with Gasteiger partial charge in [0.1, 0.15) is 11.6 Å². The van der Waals surface area contributed by atoms with E-state index in [2.05, 4.69) is 188 Å². The Balaban J connectivity index is 0.000000875. The van der Waals surface area contributed by atoms with Crippen LogP contribution >= 0.6 is 0 Å². The molecule has 0 spiro atoms. The summed E-state index contributed by atoms with van der Waals surface area (Å²) in [6.07, 6.45) is 0. The van der Waals surface area contributed by atoms with E-state index >= 15 is 0 Å². The molecule has 2 aromatic heterocycles. The summed E-state index contributed by atoms with van der Waals surface area (Å²) in [5.74, 6) is 0. The minimum atomic E-state index is -0.0763. The smallest absolute Gasteiger partial charge is 0.104 e. The molecule has 0 radical (unpaired) electrons. The van der Waals surface area contributed by atoms with Crippen molar-refractivity contribution < 1.29 is 0 Å². The number of nitriles is 2. The Bertz CT molecular complexity index is 2840. The van der Waals surface area contributed by atoms with Crippen LogP contribution in [-0.2, 0) is 10.8 Å². The lowest BCUT2D eigenvalue weighted by molar-refractivity contribution is 0.469. The van der Waals surface area contributed by atoms with Crippen molar-refractivity contribution >= 4 is 43.6 Å². The first-order valence-electron chi connectivity index (χ1n) is 19.2. The molecule has 274 valence electrons. The zero-order valence-corrected chi connectivity index (χ0v) is 33.8. The number of aromatic nitrogens is 2. The second-order valence-corrected chi connectivity index (χ2v) is 18.3. The fraction of sp³-hybridized carbons (Fsp3) is 0.255. The zero-order valence-electron chi connectivity index (χ0n) is 33.8. The molecule has 0 aliphatic rings. The Hall–Kier alpha value is -6.10. The van der Waals surface area contributed by atoms with Crippen LogP contribution in [-0.4, -0.2) is 9.13 Å². The number of hydrogen-bond acceptors (Lipinski definition) is 2. The number of hydrogen-bond donors (Lipinski definition) is 0. The van der Waals surface area contributed by atoms with E-state index in [0.29, 0.717) is 16.5 Å². The van der Waals surface area contributed by atoms with Gasteiger partial charge in [-0.15, -0.1) is 0 Å². The third kappa shape index (κ3) is 6.90. The first-order valence-corrected chi connectivity index (χ1v) is 19.2. The number of rotatable bonds is 3. The summed E-state index contributed by atoms with van der Waals surface area (Å²) >= 11 is 0. The molecular weight excluding hydrogens is 669 g/mol. The summed E-state index contributed by atoms with van der Waals surface area (Å²) in [7, 11) is 0. The third-order valence-electron chi connectivity index (χ3n) is 10.1. The van der Waals surface area contributed by atoms with Gasteiger partial charge in [-0.05, 0) is 75.4 Å². The van der Waals surface area contributed by atoms with E-state index in [1.165, 1.54) is 11.1 Å². The Morgan fingerprint density at radius 1 is 0.455 bits per heavy atom. The molecule has 4 nitrogen and oxygen atoms in total. The van der Waals surface area contributed by atoms with E-state index in [0.717, 1.165) is 66.1 Å². The van der Waals surface area contributed by atoms with E-state index in [1.807, 2.05) is 24.3 Å². The summed E-state index contributed by atoms with van der Waals surface area (Å²) in [6.45, 7) is 22.1. The fourth-order valence-corrected chi connectivity index (χ4v) is 7.47. The number of para-hydroxylation sites is 2. The lowest BCUT2D eigenvalue weighted by Gasteiger charge is -2.22. The predicted molar refractivity (Wildman–Crippen MR) is 233 cm³/mol. The number of fused-ring (bicyclic) bond motifs is 6. The highest BCUT2D eigenvalue weighted by molar-refractivity contribution is 6.12. The van der Waals surface area contributed by atoms with Gasteiger partial charge < -0.3 is 9.13 Å². The molecule has 0 aliphatic carbocycles. The minimum absolute atomic E-state index is 0.0535. The summed E-state index contributed by atoms with van der Waals surface area (Å²) in [5.41, 5.74) is 11.5. The lowest BCUT2D eigenvalue weighted by atomic mass is 9.86. The molecule has 8 rings (SSSR count). The number of benzene rings is 6. The molecule has 0 bridgehead atoms. The summed E-state index contributed by atoms with van der Waals surface area (Å²) in [5, 5.41) is 25.8. The van der Waals surface area contributed by atoms with E-state index in [9.17, 15) is 10.5 Å². The predicted octanol–water partition coefficient (Wildman–Crippen LogP) is 13.9. The fourth-order valence-electron chi connectivity index (χ4n) is 7.47. The molecule has 0 saturated heterocycles. The molecule has 8 aromatic rings. The van der Waals surface area contributed by atoms with Crippen LogP contribution in [0, 0.1) is 28.1 Å². The van der Waals surface area contributed by atoms with Gasteiger partial charge in [0.25, 0.3) is 0 Å². The standard InChI is InChI=1S/C46H38N4.C5H12/c1-45(2,3)31-18-20-36-34-14-7-9-16-39(34)49(42(36)25-31)41-23-22-33(30-13-11-12-29(24-30)27-47)44(38(41)28-48)50-40-17-10-8-15-35(40)37-21-19-32(26-43(37)50)46(4,5)6;1-5(2,3)4/h7-26H,1-6H3;1-4H3. The van der Waals surface area contributed by atoms with Crippen LogP contribution in [0.2, 0.25) is 0 Å². The van der Waals surface area contributed by atoms with Gasteiger partial charge in [-0.25, -0.2) is 0 Å². The third-order valence-corrected chi connectivity index (χ3v) is 10.1. The van der Waals surface area contributed by atoms with Gasteiger partial charge in [-0.1, -0.05) is 148 Å².